The molecule has 2 aromatic carbocycles. The van der Waals surface area contributed by atoms with Gasteiger partial charge in [0.25, 0.3) is 5.91 Å². The first-order valence-electron chi connectivity index (χ1n) is 6.84. The summed E-state index contributed by atoms with van der Waals surface area (Å²) in [6, 6.07) is 14.2. The van der Waals surface area contributed by atoms with Gasteiger partial charge in [-0.3, -0.25) is 4.79 Å². The zero-order valence-corrected chi connectivity index (χ0v) is 15.4. The molecule has 0 aliphatic carbocycles. The average molecular weight is 425 g/mol. The summed E-state index contributed by atoms with van der Waals surface area (Å²) in [6.45, 7) is 0.470. The van der Waals surface area contributed by atoms with Crippen molar-refractivity contribution in [2.24, 2.45) is 0 Å². The summed E-state index contributed by atoms with van der Waals surface area (Å²) in [4.78, 5) is 12.2. The van der Waals surface area contributed by atoms with Crippen molar-refractivity contribution in [1.29, 1.82) is 5.26 Å². The van der Waals surface area contributed by atoms with Gasteiger partial charge in [-0.1, -0.05) is 57.3 Å². The van der Waals surface area contributed by atoms with Crippen molar-refractivity contribution >= 4 is 50.7 Å². The van der Waals surface area contributed by atoms with Gasteiger partial charge in [-0.25, -0.2) is 0 Å². The monoisotopic (exact) mass is 423 g/mol. The highest BCUT2D eigenvalue weighted by atomic mass is 79.9. The Morgan fingerprint density at radius 1 is 1.25 bits per heavy atom. The molecule has 0 aromatic heterocycles. The van der Waals surface area contributed by atoms with Crippen molar-refractivity contribution in [3.8, 4) is 6.07 Å². The number of nitrogens with one attached hydrogen (secondary N) is 2. The van der Waals surface area contributed by atoms with Crippen molar-refractivity contribution in [2.75, 3.05) is 5.32 Å². The van der Waals surface area contributed by atoms with Crippen LogP contribution in [-0.2, 0) is 11.3 Å². The minimum Gasteiger partial charge on any atom is -0.386 e. The molecule has 0 aliphatic heterocycles. The van der Waals surface area contributed by atoms with E-state index in [-0.39, 0.29) is 5.57 Å². The standard InChI is InChI=1S/C17H12BrCl2N3O/c18-14-4-2-1-3-11(14)9-22-10-12(8-21)17(24)23-16-7-13(19)5-6-15(16)20/h1-7,10,22H,9H2,(H,23,24)/b12-10-. The molecule has 2 aromatic rings. The summed E-state index contributed by atoms with van der Waals surface area (Å²) in [6.07, 6.45) is 1.37. The molecular weight excluding hydrogens is 413 g/mol. The molecule has 2 rings (SSSR count). The first-order chi connectivity index (χ1) is 11.5. The Morgan fingerprint density at radius 2 is 2.00 bits per heavy atom. The zero-order chi connectivity index (χ0) is 17.5. The lowest BCUT2D eigenvalue weighted by molar-refractivity contribution is -0.112. The summed E-state index contributed by atoms with van der Waals surface area (Å²) >= 11 is 15.3. The number of amides is 1. The SMILES string of the molecule is N#C/C(=C/NCc1ccccc1Br)C(=O)Nc1cc(Cl)ccc1Cl. The summed E-state index contributed by atoms with van der Waals surface area (Å²) in [7, 11) is 0. The summed E-state index contributed by atoms with van der Waals surface area (Å²) in [5.74, 6) is -0.568. The summed E-state index contributed by atoms with van der Waals surface area (Å²) in [5.41, 5.74) is 1.28. The molecule has 0 bridgehead atoms. The second-order valence-corrected chi connectivity index (χ2v) is 6.42. The van der Waals surface area contributed by atoms with Crippen LogP contribution in [0.3, 0.4) is 0 Å². The fraction of sp³-hybridized carbons (Fsp3) is 0.0588. The fourth-order valence-corrected chi connectivity index (χ4v) is 2.60. The lowest BCUT2D eigenvalue weighted by Gasteiger charge is -2.08. The number of nitrogens with zero attached hydrogens (tertiary/aromatic N) is 1. The van der Waals surface area contributed by atoms with Gasteiger partial charge in [0.05, 0.1) is 10.7 Å². The Balaban J connectivity index is 2.05. The van der Waals surface area contributed by atoms with Crippen LogP contribution in [0.25, 0.3) is 0 Å². The minimum absolute atomic E-state index is 0.0712. The van der Waals surface area contributed by atoms with Gasteiger partial charge in [0.15, 0.2) is 0 Å². The number of hydrogen-bond acceptors (Lipinski definition) is 3. The summed E-state index contributed by atoms with van der Waals surface area (Å²) < 4.78 is 0.944. The number of rotatable bonds is 5. The van der Waals surface area contributed by atoms with Crippen LogP contribution in [-0.4, -0.2) is 5.91 Å². The van der Waals surface area contributed by atoms with E-state index in [1.807, 2.05) is 30.3 Å². The highest BCUT2D eigenvalue weighted by Gasteiger charge is 2.11. The van der Waals surface area contributed by atoms with Crippen LogP contribution < -0.4 is 10.6 Å². The summed E-state index contributed by atoms with van der Waals surface area (Å²) in [5, 5.41) is 15.5. The first-order valence-corrected chi connectivity index (χ1v) is 8.39. The van der Waals surface area contributed by atoms with Crippen LogP contribution in [0.1, 0.15) is 5.56 Å². The van der Waals surface area contributed by atoms with Gasteiger partial charge in [0.2, 0.25) is 0 Å². The zero-order valence-electron chi connectivity index (χ0n) is 12.3. The maximum Gasteiger partial charge on any atom is 0.267 e. The highest BCUT2D eigenvalue weighted by Crippen LogP contribution is 2.25. The normalized spacial score (nSPS) is 10.8. The van der Waals surface area contributed by atoms with E-state index in [9.17, 15) is 4.79 Å². The van der Waals surface area contributed by atoms with Gasteiger partial charge in [0, 0.05) is 22.2 Å². The molecule has 0 heterocycles. The van der Waals surface area contributed by atoms with Crippen LogP contribution >= 0.6 is 39.1 Å². The molecule has 0 atom stereocenters. The smallest absolute Gasteiger partial charge is 0.267 e. The largest absolute Gasteiger partial charge is 0.386 e. The second kappa shape index (κ2) is 8.74. The first kappa shape index (κ1) is 18.3. The maximum absolute atomic E-state index is 12.2. The van der Waals surface area contributed by atoms with Crippen molar-refractivity contribution in [3.63, 3.8) is 0 Å². The fourth-order valence-electron chi connectivity index (χ4n) is 1.84. The van der Waals surface area contributed by atoms with Crippen LogP contribution in [0, 0.1) is 11.3 Å². The number of anilines is 1. The molecule has 1 amide bonds. The highest BCUT2D eigenvalue weighted by molar-refractivity contribution is 9.10. The third-order valence-electron chi connectivity index (χ3n) is 3.04. The maximum atomic E-state index is 12.2. The number of carbonyl (C=O) groups excluding carboxylic acids is 1. The lowest BCUT2D eigenvalue weighted by atomic mass is 10.2. The van der Waals surface area contributed by atoms with Crippen molar-refractivity contribution in [1.82, 2.24) is 5.32 Å². The predicted octanol–water partition coefficient (Wildman–Crippen LogP) is 4.89. The van der Waals surface area contributed by atoms with Gasteiger partial charge in [0.1, 0.15) is 11.6 Å². The van der Waals surface area contributed by atoms with E-state index in [1.54, 1.807) is 12.1 Å². The average Bonchev–Trinajstić information content (AvgIpc) is 2.56. The van der Waals surface area contributed by atoms with E-state index in [4.69, 9.17) is 28.5 Å². The van der Waals surface area contributed by atoms with Crippen molar-refractivity contribution in [2.45, 2.75) is 6.54 Å². The third-order valence-corrected chi connectivity index (χ3v) is 4.38. The van der Waals surface area contributed by atoms with Crippen LogP contribution in [0.5, 0.6) is 0 Å². The van der Waals surface area contributed by atoms with Gasteiger partial charge in [-0.05, 0) is 29.8 Å². The predicted molar refractivity (Wildman–Crippen MR) is 99.8 cm³/mol. The number of benzene rings is 2. The van der Waals surface area contributed by atoms with Gasteiger partial charge in [-0.15, -0.1) is 0 Å². The number of nitriles is 1. The van der Waals surface area contributed by atoms with Crippen LogP contribution in [0.2, 0.25) is 10.0 Å². The minimum atomic E-state index is -0.568. The van der Waals surface area contributed by atoms with E-state index in [1.165, 1.54) is 12.3 Å². The Hall–Kier alpha value is -2.00. The molecule has 0 radical (unpaired) electrons. The number of carbonyl (C=O) groups is 1. The van der Waals surface area contributed by atoms with Gasteiger partial charge < -0.3 is 10.6 Å². The molecule has 0 saturated heterocycles. The molecule has 122 valence electrons. The van der Waals surface area contributed by atoms with E-state index in [0.717, 1.165) is 10.0 Å². The van der Waals surface area contributed by atoms with Gasteiger partial charge in [-0.2, -0.15) is 5.26 Å². The Morgan fingerprint density at radius 3 is 2.71 bits per heavy atom. The second-order valence-electron chi connectivity index (χ2n) is 4.72. The molecular formula is C17H12BrCl2N3O. The lowest BCUT2D eigenvalue weighted by Crippen LogP contribution is -2.17. The number of halogens is 3. The van der Waals surface area contributed by atoms with Gasteiger partial charge >= 0.3 is 0 Å². The van der Waals surface area contributed by atoms with E-state index in [0.29, 0.717) is 22.3 Å². The Bertz CT molecular complexity index is 831. The van der Waals surface area contributed by atoms with Crippen LogP contribution in [0.15, 0.2) is 58.7 Å². The van der Waals surface area contributed by atoms with Crippen molar-refractivity contribution in [3.05, 3.63) is 74.3 Å². The molecule has 0 aliphatic rings. The number of hydrogen-bond donors (Lipinski definition) is 2. The Labute approximate surface area is 158 Å². The molecule has 0 saturated carbocycles. The quantitative estimate of drug-likeness (QED) is 0.530. The molecule has 0 unspecified atom stereocenters. The topological polar surface area (TPSA) is 64.9 Å². The molecule has 24 heavy (non-hydrogen) atoms. The van der Waals surface area contributed by atoms with E-state index < -0.39 is 5.91 Å². The molecule has 7 heteroatoms. The molecule has 0 fully saturated rings. The van der Waals surface area contributed by atoms with E-state index >= 15 is 0 Å². The third kappa shape index (κ3) is 5.00. The molecule has 4 nitrogen and oxygen atoms in total. The molecule has 2 N–H and O–H groups in total. The van der Waals surface area contributed by atoms with Crippen molar-refractivity contribution < 1.29 is 4.79 Å². The van der Waals surface area contributed by atoms with E-state index in [2.05, 4.69) is 26.6 Å². The van der Waals surface area contributed by atoms with Crippen LogP contribution in [0.4, 0.5) is 5.69 Å². The Kier molecular flexibility index (Phi) is 6.68. The molecule has 0 spiro atoms.